The topological polar surface area (TPSA) is 84.9 Å². The van der Waals surface area contributed by atoms with Gasteiger partial charge in [-0.25, -0.2) is 4.79 Å². The van der Waals surface area contributed by atoms with Gasteiger partial charge in [-0.2, -0.15) is 0 Å². The summed E-state index contributed by atoms with van der Waals surface area (Å²) in [4.78, 5) is 39.0. The van der Waals surface area contributed by atoms with Gasteiger partial charge in [0.05, 0.1) is 24.3 Å². The normalized spacial score (nSPS) is 15.2. The molecule has 8 heteroatoms. The molecule has 0 aliphatic carbocycles. The monoisotopic (exact) mass is 478 g/mol. The third-order valence-electron chi connectivity index (χ3n) is 5.55. The number of carbonyl (C=O) groups is 3. The quantitative estimate of drug-likeness (QED) is 0.498. The molecule has 7 nitrogen and oxygen atoms in total. The number of amides is 2. The zero-order chi connectivity index (χ0) is 24.1. The van der Waals surface area contributed by atoms with Crippen LogP contribution in [0.4, 0.5) is 11.4 Å². The number of methoxy groups -OCH3 is 1. The highest BCUT2D eigenvalue weighted by Gasteiger charge is 2.35. The highest BCUT2D eigenvalue weighted by atomic mass is 35.5. The van der Waals surface area contributed by atoms with Crippen molar-refractivity contribution in [1.29, 1.82) is 0 Å². The smallest absolute Gasteiger partial charge is 0.339 e. The number of nitrogens with zero attached hydrogens (tertiary/aromatic N) is 1. The molecule has 1 aliphatic rings. The molecule has 1 fully saturated rings. The van der Waals surface area contributed by atoms with E-state index in [9.17, 15) is 14.4 Å². The van der Waals surface area contributed by atoms with E-state index >= 15 is 0 Å². The molecule has 1 aliphatic heterocycles. The first kappa shape index (κ1) is 23.3. The molecule has 0 bridgehead atoms. The lowest BCUT2D eigenvalue weighted by Gasteiger charge is -2.17. The van der Waals surface area contributed by atoms with E-state index in [4.69, 9.17) is 21.1 Å². The first-order valence-electron chi connectivity index (χ1n) is 10.7. The van der Waals surface area contributed by atoms with Gasteiger partial charge in [-0.3, -0.25) is 9.59 Å². The molecule has 1 atom stereocenters. The number of benzene rings is 3. The maximum atomic E-state index is 12.8. The second kappa shape index (κ2) is 10.4. The third-order valence-corrected chi connectivity index (χ3v) is 5.81. The van der Waals surface area contributed by atoms with E-state index in [0.717, 1.165) is 5.56 Å². The van der Waals surface area contributed by atoms with Crippen molar-refractivity contribution in [3.05, 3.63) is 88.9 Å². The Morgan fingerprint density at radius 3 is 2.44 bits per heavy atom. The minimum atomic E-state index is -0.543. The van der Waals surface area contributed by atoms with Crippen molar-refractivity contribution in [2.45, 2.75) is 13.0 Å². The third kappa shape index (κ3) is 5.38. The maximum absolute atomic E-state index is 12.8. The zero-order valence-electron chi connectivity index (χ0n) is 18.5. The van der Waals surface area contributed by atoms with E-state index in [2.05, 4.69) is 5.32 Å². The van der Waals surface area contributed by atoms with Gasteiger partial charge in [-0.1, -0.05) is 35.9 Å². The molecule has 0 spiro atoms. The Morgan fingerprint density at radius 1 is 1.03 bits per heavy atom. The molecule has 3 aromatic carbocycles. The molecule has 4 rings (SSSR count). The molecular formula is C26H23ClN2O5. The van der Waals surface area contributed by atoms with Crippen LogP contribution in [-0.2, 0) is 20.9 Å². The van der Waals surface area contributed by atoms with E-state index in [1.807, 2.05) is 24.3 Å². The van der Waals surface area contributed by atoms with E-state index in [1.165, 1.54) is 7.11 Å². The predicted octanol–water partition coefficient (Wildman–Crippen LogP) is 4.70. The van der Waals surface area contributed by atoms with E-state index < -0.39 is 11.9 Å². The van der Waals surface area contributed by atoms with Gasteiger partial charge >= 0.3 is 5.97 Å². The van der Waals surface area contributed by atoms with Crippen molar-refractivity contribution in [3.8, 4) is 5.75 Å². The van der Waals surface area contributed by atoms with Crippen LogP contribution in [0.25, 0.3) is 0 Å². The second-order valence-corrected chi connectivity index (χ2v) is 8.28. The fraction of sp³-hybridized carbons (Fsp3) is 0.192. The average Bonchev–Trinajstić information content (AvgIpc) is 3.25. The van der Waals surface area contributed by atoms with Crippen LogP contribution in [0.5, 0.6) is 5.75 Å². The number of esters is 1. The van der Waals surface area contributed by atoms with Crippen LogP contribution >= 0.6 is 11.6 Å². The summed E-state index contributed by atoms with van der Waals surface area (Å²) in [6.07, 6.45) is 0.0844. The van der Waals surface area contributed by atoms with E-state index in [-0.39, 0.29) is 30.3 Å². The van der Waals surface area contributed by atoms with Gasteiger partial charge in [-0.15, -0.1) is 0 Å². The van der Waals surface area contributed by atoms with Crippen LogP contribution in [-0.4, -0.2) is 31.4 Å². The first-order valence-corrected chi connectivity index (χ1v) is 11.1. The molecule has 1 saturated heterocycles. The standard InChI is InChI=1S/C26H23ClN2O5/c1-33-26(32)22-4-2-3-5-23(22)28-25(31)18-14-24(30)29(15-18)20-10-12-21(13-11-20)34-16-17-6-8-19(27)9-7-17/h2-13,18H,14-16H2,1H3,(H,28,31)/t18-/m1/s1. The number of anilines is 2. The number of para-hydroxylation sites is 1. The lowest BCUT2D eigenvalue weighted by molar-refractivity contribution is -0.122. The van der Waals surface area contributed by atoms with Gasteiger partial charge in [0.2, 0.25) is 11.8 Å². The summed E-state index contributed by atoms with van der Waals surface area (Å²) in [5.74, 6) is -0.886. The number of carbonyl (C=O) groups excluding carboxylic acids is 3. The minimum Gasteiger partial charge on any atom is -0.489 e. The van der Waals surface area contributed by atoms with Crippen molar-refractivity contribution in [2.75, 3.05) is 23.9 Å². The van der Waals surface area contributed by atoms with Gasteiger partial charge < -0.3 is 19.7 Å². The Morgan fingerprint density at radius 2 is 1.74 bits per heavy atom. The number of halogens is 1. The van der Waals surface area contributed by atoms with Crippen molar-refractivity contribution < 1.29 is 23.9 Å². The number of hydrogen-bond acceptors (Lipinski definition) is 5. The zero-order valence-corrected chi connectivity index (χ0v) is 19.2. The molecule has 0 saturated carbocycles. The SMILES string of the molecule is COC(=O)c1ccccc1NC(=O)[C@@H]1CC(=O)N(c2ccc(OCc3ccc(Cl)cc3)cc2)C1. The molecule has 1 N–H and O–H groups in total. The van der Waals surface area contributed by atoms with Gasteiger partial charge in [-0.05, 0) is 54.1 Å². The molecule has 2 amide bonds. The lowest BCUT2D eigenvalue weighted by atomic mass is 10.1. The van der Waals surface area contributed by atoms with Crippen molar-refractivity contribution in [3.63, 3.8) is 0 Å². The molecule has 0 radical (unpaired) electrons. The first-order chi connectivity index (χ1) is 16.4. The Bertz CT molecular complexity index is 1190. The summed E-state index contributed by atoms with van der Waals surface area (Å²) in [5.41, 5.74) is 2.29. The Labute approximate surface area is 202 Å². The van der Waals surface area contributed by atoms with E-state index in [1.54, 1.807) is 53.4 Å². The maximum Gasteiger partial charge on any atom is 0.339 e. The fourth-order valence-corrected chi connectivity index (χ4v) is 3.84. The summed E-state index contributed by atoms with van der Waals surface area (Å²) in [7, 11) is 1.28. The van der Waals surface area contributed by atoms with Crippen LogP contribution in [0.15, 0.2) is 72.8 Å². The van der Waals surface area contributed by atoms with Gasteiger partial charge in [0, 0.05) is 23.7 Å². The second-order valence-electron chi connectivity index (χ2n) is 7.84. The Balaban J connectivity index is 1.37. The molecule has 0 aromatic heterocycles. The van der Waals surface area contributed by atoms with Crippen LogP contribution in [0.3, 0.4) is 0 Å². The molecular weight excluding hydrogens is 456 g/mol. The molecule has 0 unspecified atom stereocenters. The number of rotatable bonds is 7. The Hall–Kier alpha value is -3.84. The average molecular weight is 479 g/mol. The molecule has 1 heterocycles. The van der Waals surface area contributed by atoms with Crippen LogP contribution < -0.4 is 15.0 Å². The highest BCUT2D eigenvalue weighted by Crippen LogP contribution is 2.28. The van der Waals surface area contributed by atoms with Crippen molar-refractivity contribution in [1.82, 2.24) is 0 Å². The fourth-order valence-electron chi connectivity index (χ4n) is 3.72. The van der Waals surface area contributed by atoms with Crippen LogP contribution in [0.2, 0.25) is 5.02 Å². The van der Waals surface area contributed by atoms with Gasteiger partial charge in [0.1, 0.15) is 12.4 Å². The van der Waals surface area contributed by atoms with Crippen LogP contribution in [0.1, 0.15) is 22.3 Å². The lowest BCUT2D eigenvalue weighted by Crippen LogP contribution is -2.28. The molecule has 3 aromatic rings. The summed E-state index contributed by atoms with van der Waals surface area (Å²) >= 11 is 5.90. The largest absolute Gasteiger partial charge is 0.489 e. The molecule has 34 heavy (non-hydrogen) atoms. The highest BCUT2D eigenvalue weighted by molar-refractivity contribution is 6.30. The summed E-state index contributed by atoms with van der Waals surface area (Å²) < 4.78 is 10.6. The summed E-state index contributed by atoms with van der Waals surface area (Å²) in [5, 5.41) is 3.43. The number of hydrogen-bond donors (Lipinski definition) is 1. The van der Waals surface area contributed by atoms with Gasteiger partial charge in [0.25, 0.3) is 0 Å². The minimum absolute atomic E-state index is 0.0844. The summed E-state index contributed by atoms with van der Waals surface area (Å²) in [6.45, 7) is 0.643. The van der Waals surface area contributed by atoms with Crippen molar-refractivity contribution >= 4 is 40.8 Å². The van der Waals surface area contributed by atoms with Crippen molar-refractivity contribution in [2.24, 2.45) is 5.92 Å². The number of ether oxygens (including phenoxy) is 2. The van der Waals surface area contributed by atoms with Crippen LogP contribution in [0, 0.1) is 5.92 Å². The predicted molar refractivity (Wildman–Crippen MR) is 129 cm³/mol. The van der Waals surface area contributed by atoms with E-state index in [0.29, 0.717) is 28.8 Å². The molecule has 174 valence electrons. The number of nitrogens with one attached hydrogen (secondary N) is 1. The summed E-state index contributed by atoms with van der Waals surface area (Å²) in [6, 6.07) is 21.2. The Kier molecular flexibility index (Phi) is 7.13. The van der Waals surface area contributed by atoms with Gasteiger partial charge in [0.15, 0.2) is 0 Å².